The van der Waals surface area contributed by atoms with Crippen molar-refractivity contribution in [1.82, 2.24) is 4.57 Å². The Kier molecular flexibility index (Phi) is 5.36. The van der Waals surface area contributed by atoms with Crippen LogP contribution in [0.15, 0.2) is 71.8 Å². The summed E-state index contributed by atoms with van der Waals surface area (Å²) in [6.45, 7) is 0. The number of nitro groups is 2. The number of aromatic nitrogens is 1. The van der Waals surface area contributed by atoms with Gasteiger partial charge in [0.05, 0.1) is 20.4 Å². The third-order valence-corrected chi connectivity index (χ3v) is 5.79. The van der Waals surface area contributed by atoms with Gasteiger partial charge in [0, 0.05) is 41.8 Å². The van der Waals surface area contributed by atoms with Crippen LogP contribution in [0.2, 0.25) is 0 Å². The molecule has 0 atom stereocenters. The van der Waals surface area contributed by atoms with Crippen molar-refractivity contribution in [3.63, 3.8) is 0 Å². The molecule has 2 aromatic carbocycles. The number of carbonyl (C=O) groups excluding carboxylic acids is 1. The summed E-state index contributed by atoms with van der Waals surface area (Å²) in [4.78, 5) is 35.5. The fourth-order valence-electron chi connectivity index (χ4n) is 3.05. The van der Waals surface area contributed by atoms with Gasteiger partial charge in [-0.05, 0) is 36.4 Å². The van der Waals surface area contributed by atoms with E-state index in [1.807, 2.05) is 0 Å². The van der Waals surface area contributed by atoms with Crippen molar-refractivity contribution < 1.29 is 14.6 Å². The number of nitro benzene ring substituents is 2. The number of nitrogens with zero attached hydrogens (tertiary/aromatic N) is 4. The number of rotatable bonds is 5. The Morgan fingerprint density at radius 3 is 2.29 bits per heavy atom. The zero-order valence-corrected chi connectivity index (χ0v) is 17.2. The molecule has 0 bridgehead atoms. The number of thiocarbonyl (C=S) groups is 1. The lowest BCUT2D eigenvalue weighted by Gasteiger charge is -2.14. The Morgan fingerprint density at radius 1 is 0.903 bits per heavy atom. The monoisotopic (exact) mass is 452 g/mol. The lowest BCUT2D eigenvalue weighted by molar-refractivity contribution is -0.385. The first-order valence-corrected chi connectivity index (χ1v) is 10.0. The van der Waals surface area contributed by atoms with Crippen molar-refractivity contribution >= 4 is 57.3 Å². The molecule has 4 rings (SSSR count). The van der Waals surface area contributed by atoms with Crippen LogP contribution in [-0.2, 0) is 4.79 Å². The van der Waals surface area contributed by atoms with Crippen LogP contribution in [0.4, 0.5) is 17.1 Å². The van der Waals surface area contributed by atoms with Crippen LogP contribution in [0.25, 0.3) is 11.8 Å². The van der Waals surface area contributed by atoms with Crippen LogP contribution in [0, 0.1) is 20.2 Å². The molecule has 0 unspecified atom stereocenters. The molecule has 154 valence electrons. The van der Waals surface area contributed by atoms with Gasteiger partial charge in [-0.15, -0.1) is 0 Å². The summed E-state index contributed by atoms with van der Waals surface area (Å²) in [5, 5.41) is 21.9. The number of hydrogen-bond acceptors (Lipinski definition) is 7. The first-order valence-electron chi connectivity index (χ1n) is 8.80. The van der Waals surface area contributed by atoms with Crippen LogP contribution < -0.4 is 4.90 Å². The molecule has 11 heteroatoms. The minimum atomic E-state index is -0.534. The highest BCUT2D eigenvalue weighted by Crippen LogP contribution is 2.37. The SMILES string of the molecule is O=C1/C(=C\c2cccn2-c2ccc([N+](=O)[O-])cc2)SC(=S)N1c1cccc([N+](=O)[O-])c1. The quantitative estimate of drug-likeness (QED) is 0.239. The maximum atomic E-state index is 13.0. The lowest BCUT2D eigenvalue weighted by Crippen LogP contribution is -2.27. The highest BCUT2D eigenvalue weighted by Gasteiger charge is 2.34. The van der Waals surface area contributed by atoms with Crippen molar-refractivity contribution in [3.8, 4) is 5.69 Å². The van der Waals surface area contributed by atoms with E-state index in [0.717, 1.165) is 11.8 Å². The number of benzene rings is 2. The Hall–Kier alpha value is -3.83. The number of hydrogen-bond donors (Lipinski definition) is 0. The van der Waals surface area contributed by atoms with E-state index in [2.05, 4.69) is 0 Å². The predicted molar refractivity (Wildman–Crippen MR) is 121 cm³/mol. The smallest absolute Gasteiger partial charge is 0.271 e. The van der Waals surface area contributed by atoms with Crippen LogP contribution in [0.3, 0.4) is 0 Å². The minimum Gasteiger partial charge on any atom is -0.317 e. The molecule has 0 aliphatic carbocycles. The fourth-order valence-corrected chi connectivity index (χ4v) is 4.34. The molecule has 1 fully saturated rings. The van der Waals surface area contributed by atoms with Crippen LogP contribution in [0.5, 0.6) is 0 Å². The first-order chi connectivity index (χ1) is 14.8. The maximum absolute atomic E-state index is 13.0. The summed E-state index contributed by atoms with van der Waals surface area (Å²) in [7, 11) is 0. The third-order valence-electron chi connectivity index (χ3n) is 4.49. The number of amides is 1. The first kappa shape index (κ1) is 20.4. The van der Waals surface area contributed by atoms with Gasteiger partial charge in [0.15, 0.2) is 4.32 Å². The molecule has 0 spiro atoms. The topological polar surface area (TPSA) is 112 Å². The van der Waals surface area contributed by atoms with Crippen molar-refractivity contribution in [3.05, 3.63) is 97.7 Å². The van der Waals surface area contributed by atoms with Gasteiger partial charge in [-0.25, -0.2) is 0 Å². The Bertz CT molecular complexity index is 1270. The van der Waals surface area contributed by atoms with Crippen LogP contribution in [0.1, 0.15) is 5.69 Å². The van der Waals surface area contributed by atoms with E-state index in [9.17, 15) is 25.0 Å². The van der Waals surface area contributed by atoms with Gasteiger partial charge in [-0.2, -0.15) is 0 Å². The second-order valence-corrected chi connectivity index (χ2v) is 8.05. The standard InChI is InChI=1S/C20H12N4O5S2/c25-19-18(31-20(30)22(19)16-3-1-4-17(11-16)24(28)29)12-15-5-2-10-21(15)13-6-8-14(9-7-13)23(26)27/h1-12H/b18-12+. The molecular weight excluding hydrogens is 440 g/mol. The zero-order valence-electron chi connectivity index (χ0n) is 15.6. The van der Waals surface area contributed by atoms with Crippen molar-refractivity contribution in [2.75, 3.05) is 4.90 Å². The minimum absolute atomic E-state index is 0.0183. The summed E-state index contributed by atoms with van der Waals surface area (Å²) in [6, 6.07) is 15.3. The number of anilines is 1. The molecule has 9 nitrogen and oxygen atoms in total. The highest BCUT2D eigenvalue weighted by atomic mass is 32.2. The lowest BCUT2D eigenvalue weighted by atomic mass is 10.2. The van der Waals surface area contributed by atoms with Gasteiger partial charge in [-0.1, -0.05) is 30.0 Å². The van der Waals surface area contributed by atoms with Crippen LogP contribution in [-0.4, -0.2) is 24.6 Å². The fraction of sp³-hybridized carbons (Fsp3) is 0. The van der Waals surface area contributed by atoms with Crippen LogP contribution >= 0.6 is 24.0 Å². The Balaban J connectivity index is 1.65. The third kappa shape index (κ3) is 3.96. The largest absolute Gasteiger partial charge is 0.317 e. The van der Waals surface area contributed by atoms with Crippen molar-refractivity contribution in [1.29, 1.82) is 0 Å². The summed E-state index contributed by atoms with van der Waals surface area (Å²) in [5.74, 6) is -0.382. The summed E-state index contributed by atoms with van der Waals surface area (Å²) < 4.78 is 2.05. The summed E-state index contributed by atoms with van der Waals surface area (Å²) in [5.41, 5.74) is 1.54. The molecule has 0 saturated carbocycles. The molecule has 31 heavy (non-hydrogen) atoms. The van der Waals surface area contributed by atoms with Crippen molar-refractivity contribution in [2.24, 2.45) is 0 Å². The summed E-state index contributed by atoms with van der Waals surface area (Å²) in [6.07, 6.45) is 3.44. The second-order valence-electron chi connectivity index (χ2n) is 6.37. The van der Waals surface area contributed by atoms with E-state index >= 15 is 0 Å². The maximum Gasteiger partial charge on any atom is 0.271 e. The van der Waals surface area contributed by atoms with E-state index in [1.165, 1.54) is 35.2 Å². The Morgan fingerprint density at radius 2 is 1.61 bits per heavy atom. The van der Waals surface area contributed by atoms with Gasteiger partial charge < -0.3 is 4.57 Å². The second kappa shape index (κ2) is 8.13. The number of carbonyl (C=O) groups is 1. The molecule has 2 heterocycles. The average Bonchev–Trinajstić information content (AvgIpc) is 3.32. The molecule has 1 amide bonds. The molecule has 3 aromatic rings. The zero-order chi connectivity index (χ0) is 22.1. The van der Waals surface area contributed by atoms with Gasteiger partial charge in [0.2, 0.25) is 0 Å². The van der Waals surface area contributed by atoms with Gasteiger partial charge >= 0.3 is 0 Å². The number of non-ortho nitro benzene ring substituents is 2. The summed E-state index contributed by atoms with van der Waals surface area (Å²) >= 11 is 6.43. The Labute approximate surface area is 184 Å². The molecule has 1 aromatic heterocycles. The average molecular weight is 452 g/mol. The molecular formula is C20H12N4O5S2. The molecule has 1 aliphatic heterocycles. The van der Waals surface area contributed by atoms with Crippen molar-refractivity contribution in [2.45, 2.75) is 0 Å². The van der Waals surface area contributed by atoms with E-state index in [0.29, 0.717) is 22.0 Å². The van der Waals surface area contributed by atoms with E-state index < -0.39 is 9.85 Å². The van der Waals surface area contributed by atoms with Gasteiger partial charge in [0.25, 0.3) is 17.3 Å². The van der Waals surface area contributed by atoms with E-state index in [4.69, 9.17) is 12.2 Å². The van der Waals surface area contributed by atoms with E-state index in [1.54, 1.807) is 47.2 Å². The highest BCUT2D eigenvalue weighted by molar-refractivity contribution is 8.27. The van der Waals surface area contributed by atoms with Gasteiger partial charge in [0.1, 0.15) is 0 Å². The van der Waals surface area contributed by atoms with Gasteiger partial charge in [-0.3, -0.25) is 29.9 Å². The predicted octanol–water partition coefficient (Wildman–Crippen LogP) is 4.70. The van der Waals surface area contributed by atoms with E-state index in [-0.39, 0.29) is 21.6 Å². The number of thioether (sulfide) groups is 1. The molecule has 1 aliphatic rings. The molecule has 1 saturated heterocycles. The molecule has 0 radical (unpaired) electrons. The normalized spacial score (nSPS) is 15.0. The molecule has 0 N–H and O–H groups in total.